The summed E-state index contributed by atoms with van der Waals surface area (Å²) >= 11 is 0. The van der Waals surface area contributed by atoms with Crippen LogP contribution in [0, 0.1) is 5.92 Å². The molecule has 0 bridgehead atoms. The first-order valence-electron chi connectivity index (χ1n) is 6.35. The number of rotatable bonds is 8. The van der Waals surface area contributed by atoms with E-state index in [0.29, 0.717) is 5.92 Å². The first-order valence-corrected chi connectivity index (χ1v) is 6.35. The van der Waals surface area contributed by atoms with E-state index >= 15 is 0 Å². The summed E-state index contributed by atoms with van der Waals surface area (Å²) in [5.41, 5.74) is -0.695. The van der Waals surface area contributed by atoms with Gasteiger partial charge in [0, 0.05) is 6.04 Å². The molecule has 0 aromatic rings. The van der Waals surface area contributed by atoms with Crippen molar-refractivity contribution in [2.45, 2.75) is 50.6 Å². The van der Waals surface area contributed by atoms with Gasteiger partial charge in [0.15, 0.2) is 0 Å². The molecule has 0 aromatic carbocycles. The number of aliphatic carboxylic acids is 1. The van der Waals surface area contributed by atoms with E-state index in [0.717, 1.165) is 38.4 Å². The van der Waals surface area contributed by atoms with Gasteiger partial charge < -0.3 is 15.7 Å². The Bertz CT molecular complexity index is 262. The van der Waals surface area contributed by atoms with Crippen molar-refractivity contribution in [1.29, 1.82) is 0 Å². The fourth-order valence-electron chi connectivity index (χ4n) is 2.09. The Labute approximate surface area is 96.8 Å². The van der Waals surface area contributed by atoms with E-state index in [2.05, 4.69) is 10.6 Å². The molecular formula is C12H22N2O2. The number of nitrogens with one attached hydrogen (secondary N) is 2. The highest BCUT2D eigenvalue weighted by molar-refractivity contribution is 5.79. The molecule has 2 fully saturated rings. The zero-order chi connectivity index (χ0) is 11.6. The maximum absolute atomic E-state index is 11.2. The third-order valence-electron chi connectivity index (χ3n) is 3.69. The Kier molecular flexibility index (Phi) is 3.50. The lowest BCUT2D eigenvalue weighted by molar-refractivity contribution is -0.145. The van der Waals surface area contributed by atoms with Crippen molar-refractivity contribution < 1.29 is 9.90 Å². The average molecular weight is 226 g/mol. The summed E-state index contributed by atoms with van der Waals surface area (Å²) in [5.74, 6) is -0.369. The Hall–Kier alpha value is -0.610. The van der Waals surface area contributed by atoms with Crippen molar-refractivity contribution in [1.82, 2.24) is 10.6 Å². The van der Waals surface area contributed by atoms with E-state index in [-0.39, 0.29) is 0 Å². The van der Waals surface area contributed by atoms with Crippen molar-refractivity contribution in [3.8, 4) is 0 Å². The van der Waals surface area contributed by atoms with Crippen molar-refractivity contribution in [3.63, 3.8) is 0 Å². The molecule has 2 aliphatic rings. The largest absolute Gasteiger partial charge is 0.480 e. The van der Waals surface area contributed by atoms with Gasteiger partial charge in [-0.1, -0.05) is 0 Å². The van der Waals surface area contributed by atoms with Gasteiger partial charge in [0.1, 0.15) is 5.54 Å². The molecule has 2 saturated carbocycles. The van der Waals surface area contributed by atoms with Gasteiger partial charge in [-0.2, -0.15) is 0 Å². The molecule has 16 heavy (non-hydrogen) atoms. The zero-order valence-corrected chi connectivity index (χ0v) is 9.96. The summed E-state index contributed by atoms with van der Waals surface area (Å²) in [6.45, 7) is 3.61. The maximum Gasteiger partial charge on any atom is 0.323 e. The minimum Gasteiger partial charge on any atom is -0.480 e. The average Bonchev–Trinajstić information content (AvgIpc) is 3.09. The van der Waals surface area contributed by atoms with Gasteiger partial charge in [-0.15, -0.1) is 0 Å². The summed E-state index contributed by atoms with van der Waals surface area (Å²) in [6, 6.07) is 0.745. The number of hydrogen-bond acceptors (Lipinski definition) is 3. The zero-order valence-electron chi connectivity index (χ0n) is 9.96. The van der Waals surface area contributed by atoms with E-state index in [9.17, 15) is 9.90 Å². The minimum absolute atomic E-state index is 0.335. The molecule has 0 saturated heterocycles. The van der Waals surface area contributed by atoms with Crippen LogP contribution in [-0.4, -0.2) is 35.7 Å². The third-order valence-corrected chi connectivity index (χ3v) is 3.69. The second kappa shape index (κ2) is 4.72. The SMILES string of the molecule is CC(NCCCNC1CC1)(C(=O)O)C1CC1. The molecule has 1 unspecified atom stereocenters. The lowest BCUT2D eigenvalue weighted by atomic mass is 9.96. The third kappa shape index (κ3) is 2.95. The van der Waals surface area contributed by atoms with E-state index in [1.807, 2.05) is 6.92 Å². The van der Waals surface area contributed by atoms with Crippen molar-refractivity contribution >= 4 is 5.97 Å². The van der Waals surface area contributed by atoms with Crippen LogP contribution < -0.4 is 10.6 Å². The molecule has 0 aliphatic heterocycles. The fraction of sp³-hybridized carbons (Fsp3) is 0.917. The minimum atomic E-state index is -0.704. The summed E-state index contributed by atoms with van der Waals surface area (Å²) in [5, 5.41) is 15.9. The van der Waals surface area contributed by atoms with Crippen LogP contribution in [0.25, 0.3) is 0 Å². The molecule has 0 radical (unpaired) electrons. The number of carbonyl (C=O) groups is 1. The molecule has 0 heterocycles. The summed E-state index contributed by atoms with van der Waals surface area (Å²) in [6.07, 6.45) is 5.73. The van der Waals surface area contributed by atoms with E-state index in [1.54, 1.807) is 0 Å². The van der Waals surface area contributed by atoms with E-state index in [1.165, 1.54) is 12.8 Å². The molecule has 4 heteroatoms. The van der Waals surface area contributed by atoms with Crippen LogP contribution in [0.5, 0.6) is 0 Å². The summed E-state index contributed by atoms with van der Waals surface area (Å²) < 4.78 is 0. The molecule has 0 spiro atoms. The normalized spacial score (nSPS) is 24.1. The maximum atomic E-state index is 11.2. The Morgan fingerprint density at radius 3 is 2.50 bits per heavy atom. The Morgan fingerprint density at radius 2 is 2.00 bits per heavy atom. The van der Waals surface area contributed by atoms with Crippen LogP contribution in [0.3, 0.4) is 0 Å². The Balaban J connectivity index is 1.63. The molecule has 2 aliphatic carbocycles. The molecule has 1 atom stereocenters. The highest BCUT2D eigenvalue weighted by Gasteiger charge is 2.46. The summed E-state index contributed by atoms with van der Waals surface area (Å²) in [7, 11) is 0. The number of carboxylic acids is 1. The van der Waals surface area contributed by atoms with Gasteiger partial charge in [-0.3, -0.25) is 4.79 Å². The van der Waals surface area contributed by atoms with Crippen molar-refractivity contribution in [2.24, 2.45) is 5.92 Å². The van der Waals surface area contributed by atoms with E-state index in [4.69, 9.17) is 0 Å². The molecule has 2 rings (SSSR count). The predicted molar refractivity (Wildman–Crippen MR) is 62.4 cm³/mol. The van der Waals surface area contributed by atoms with Gasteiger partial charge >= 0.3 is 5.97 Å². The van der Waals surface area contributed by atoms with Crippen molar-refractivity contribution in [3.05, 3.63) is 0 Å². The topological polar surface area (TPSA) is 61.4 Å². The molecule has 92 valence electrons. The van der Waals surface area contributed by atoms with Crippen molar-refractivity contribution in [2.75, 3.05) is 13.1 Å². The van der Waals surface area contributed by atoms with Gasteiger partial charge in [0.2, 0.25) is 0 Å². The summed E-state index contributed by atoms with van der Waals surface area (Å²) in [4.78, 5) is 11.2. The standard InChI is InChI=1S/C12H22N2O2/c1-12(11(15)16,9-3-4-9)14-8-2-7-13-10-5-6-10/h9-10,13-14H,2-8H2,1H3,(H,15,16). The van der Waals surface area contributed by atoms with Gasteiger partial charge in [0.05, 0.1) is 0 Å². The Morgan fingerprint density at radius 1 is 1.31 bits per heavy atom. The smallest absolute Gasteiger partial charge is 0.323 e. The van der Waals surface area contributed by atoms with Crippen LogP contribution in [0.4, 0.5) is 0 Å². The van der Waals surface area contributed by atoms with Gasteiger partial charge in [-0.25, -0.2) is 0 Å². The predicted octanol–water partition coefficient (Wildman–Crippen LogP) is 0.971. The number of carboxylic acid groups (broad SMARTS) is 1. The van der Waals surface area contributed by atoms with Gasteiger partial charge in [0.25, 0.3) is 0 Å². The fourth-order valence-corrected chi connectivity index (χ4v) is 2.09. The molecular weight excluding hydrogens is 204 g/mol. The lowest BCUT2D eigenvalue weighted by Gasteiger charge is -2.26. The van der Waals surface area contributed by atoms with Crippen LogP contribution in [0.1, 0.15) is 39.0 Å². The van der Waals surface area contributed by atoms with Gasteiger partial charge in [-0.05, 0) is 58.0 Å². The highest BCUT2D eigenvalue weighted by Crippen LogP contribution is 2.39. The molecule has 0 aromatic heterocycles. The first kappa shape index (κ1) is 11.9. The molecule has 0 amide bonds. The molecule has 3 N–H and O–H groups in total. The monoisotopic (exact) mass is 226 g/mol. The first-order chi connectivity index (χ1) is 7.63. The molecule has 4 nitrogen and oxygen atoms in total. The second-order valence-corrected chi connectivity index (χ2v) is 5.29. The second-order valence-electron chi connectivity index (χ2n) is 5.29. The van der Waals surface area contributed by atoms with Crippen LogP contribution in [0.15, 0.2) is 0 Å². The lowest BCUT2D eigenvalue weighted by Crippen LogP contribution is -2.52. The quantitative estimate of drug-likeness (QED) is 0.540. The van der Waals surface area contributed by atoms with Crippen LogP contribution >= 0.6 is 0 Å². The highest BCUT2D eigenvalue weighted by atomic mass is 16.4. The van der Waals surface area contributed by atoms with Crippen LogP contribution in [-0.2, 0) is 4.79 Å². The number of hydrogen-bond donors (Lipinski definition) is 3. The van der Waals surface area contributed by atoms with Crippen LogP contribution in [0.2, 0.25) is 0 Å². The van der Waals surface area contributed by atoms with E-state index < -0.39 is 11.5 Å².